The molecule has 0 bridgehead atoms. The summed E-state index contributed by atoms with van der Waals surface area (Å²) in [6.07, 6.45) is 6.48. The topological polar surface area (TPSA) is 47.5 Å². The standard InChI is InChI=1S/C16H25N3O2S/c1-12-17-18-15(22-12)19-7-5-14-16(10-19,6-2-8-21-14)11-20-9-13-3-4-13/h13-14H,2-11H2,1H3/t14-,16-/m0/s1. The van der Waals surface area contributed by atoms with E-state index in [-0.39, 0.29) is 5.41 Å². The van der Waals surface area contributed by atoms with Crippen LogP contribution in [0.4, 0.5) is 5.13 Å². The molecule has 2 aliphatic heterocycles. The third kappa shape index (κ3) is 3.01. The summed E-state index contributed by atoms with van der Waals surface area (Å²) in [7, 11) is 0. The second-order valence-corrected chi connectivity index (χ2v) is 8.26. The van der Waals surface area contributed by atoms with E-state index in [0.29, 0.717) is 6.10 Å². The molecule has 5 nitrogen and oxygen atoms in total. The van der Waals surface area contributed by atoms with Crippen LogP contribution in [0.1, 0.15) is 37.1 Å². The van der Waals surface area contributed by atoms with Crippen molar-refractivity contribution in [2.24, 2.45) is 11.3 Å². The molecule has 0 radical (unpaired) electrons. The Morgan fingerprint density at radius 1 is 1.36 bits per heavy atom. The predicted molar refractivity (Wildman–Crippen MR) is 86.4 cm³/mol. The molecule has 2 saturated heterocycles. The van der Waals surface area contributed by atoms with E-state index in [1.165, 1.54) is 19.3 Å². The number of nitrogens with zero attached hydrogens (tertiary/aromatic N) is 3. The van der Waals surface area contributed by atoms with E-state index in [1.54, 1.807) is 11.3 Å². The highest BCUT2D eigenvalue weighted by Gasteiger charge is 2.47. The van der Waals surface area contributed by atoms with Gasteiger partial charge in [0.05, 0.1) is 12.7 Å². The van der Waals surface area contributed by atoms with Crippen LogP contribution >= 0.6 is 11.3 Å². The zero-order chi connectivity index (χ0) is 15.0. The fraction of sp³-hybridized carbons (Fsp3) is 0.875. The second-order valence-electron chi connectivity index (χ2n) is 7.10. The minimum Gasteiger partial charge on any atom is -0.380 e. The van der Waals surface area contributed by atoms with Gasteiger partial charge in [-0.2, -0.15) is 0 Å². The molecule has 0 unspecified atom stereocenters. The van der Waals surface area contributed by atoms with Crippen LogP contribution in [-0.2, 0) is 9.47 Å². The van der Waals surface area contributed by atoms with Crippen molar-refractivity contribution in [1.82, 2.24) is 10.2 Å². The zero-order valence-corrected chi connectivity index (χ0v) is 14.1. The Balaban J connectivity index is 1.47. The van der Waals surface area contributed by atoms with Gasteiger partial charge in [-0.1, -0.05) is 11.3 Å². The fourth-order valence-electron chi connectivity index (χ4n) is 3.79. The first kappa shape index (κ1) is 14.8. The van der Waals surface area contributed by atoms with E-state index in [2.05, 4.69) is 15.1 Å². The molecule has 1 aromatic rings. The smallest absolute Gasteiger partial charge is 0.208 e. The molecule has 122 valence electrons. The highest BCUT2D eigenvalue weighted by atomic mass is 32.1. The van der Waals surface area contributed by atoms with Gasteiger partial charge in [-0.05, 0) is 44.9 Å². The van der Waals surface area contributed by atoms with Gasteiger partial charge in [-0.15, -0.1) is 10.2 Å². The molecule has 3 heterocycles. The molecule has 4 rings (SSSR count). The Bertz CT molecular complexity index is 519. The number of hydrogen-bond acceptors (Lipinski definition) is 6. The number of hydrogen-bond donors (Lipinski definition) is 0. The molecule has 0 aromatic carbocycles. The maximum atomic E-state index is 6.11. The van der Waals surface area contributed by atoms with Crippen molar-refractivity contribution < 1.29 is 9.47 Å². The quantitative estimate of drug-likeness (QED) is 0.834. The Kier molecular flexibility index (Phi) is 4.09. The van der Waals surface area contributed by atoms with Crippen LogP contribution in [0.2, 0.25) is 0 Å². The molecular formula is C16H25N3O2S. The van der Waals surface area contributed by atoms with Crippen molar-refractivity contribution in [3.8, 4) is 0 Å². The number of piperidine rings is 1. The third-order valence-electron chi connectivity index (χ3n) is 5.21. The van der Waals surface area contributed by atoms with Gasteiger partial charge in [0, 0.05) is 31.7 Å². The van der Waals surface area contributed by atoms with E-state index in [1.807, 2.05) is 6.92 Å². The number of aryl methyl sites for hydroxylation is 1. The lowest BCUT2D eigenvalue weighted by atomic mass is 9.73. The van der Waals surface area contributed by atoms with E-state index >= 15 is 0 Å². The molecule has 1 saturated carbocycles. The summed E-state index contributed by atoms with van der Waals surface area (Å²) in [4.78, 5) is 2.40. The van der Waals surface area contributed by atoms with Gasteiger partial charge in [-0.3, -0.25) is 0 Å². The van der Waals surface area contributed by atoms with Crippen LogP contribution in [0, 0.1) is 18.3 Å². The molecule has 1 aromatic heterocycles. The number of anilines is 1. The van der Waals surface area contributed by atoms with Crippen molar-refractivity contribution in [3.63, 3.8) is 0 Å². The van der Waals surface area contributed by atoms with E-state index in [0.717, 1.165) is 61.8 Å². The van der Waals surface area contributed by atoms with E-state index in [4.69, 9.17) is 9.47 Å². The first-order valence-electron chi connectivity index (χ1n) is 8.50. The van der Waals surface area contributed by atoms with Crippen LogP contribution in [-0.4, -0.2) is 49.2 Å². The van der Waals surface area contributed by atoms with E-state index < -0.39 is 0 Å². The van der Waals surface area contributed by atoms with Gasteiger partial charge < -0.3 is 14.4 Å². The highest BCUT2D eigenvalue weighted by Crippen LogP contribution is 2.42. The average molecular weight is 323 g/mol. The molecule has 22 heavy (non-hydrogen) atoms. The normalized spacial score (nSPS) is 32.0. The number of fused-ring (bicyclic) bond motifs is 1. The molecular weight excluding hydrogens is 298 g/mol. The average Bonchev–Trinajstić information content (AvgIpc) is 3.25. The summed E-state index contributed by atoms with van der Waals surface area (Å²) in [6, 6.07) is 0. The van der Waals surface area contributed by atoms with Crippen LogP contribution in [0.5, 0.6) is 0 Å². The summed E-state index contributed by atoms with van der Waals surface area (Å²) >= 11 is 1.69. The molecule has 3 fully saturated rings. The van der Waals surface area contributed by atoms with Crippen molar-refractivity contribution in [2.75, 3.05) is 37.8 Å². The lowest BCUT2D eigenvalue weighted by Gasteiger charge is -2.50. The fourth-order valence-corrected chi connectivity index (χ4v) is 4.50. The molecule has 0 spiro atoms. The summed E-state index contributed by atoms with van der Waals surface area (Å²) in [6.45, 7) is 6.72. The zero-order valence-electron chi connectivity index (χ0n) is 13.3. The number of aromatic nitrogens is 2. The minimum absolute atomic E-state index is 0.144. The molecule has 2 atom stereocenters. The summed E-state index contributed by atoms with van der Waals surface area (Å²) in [5.74, 6) is 0.824. The van der Waals surface area contributed by atoms with Gasteiger partial charge in [-0.25, -0.2) is 0 Å². The van der Waals surface area contributed by atoms with Gasteiger partial charge in [0.15, 0.2) is 0 Å². The summed E-state index contributed by atoms with van der Waals surface area (Å²) < 4.78 is 12.2. The highest BCUT2D eigenvalue weighted by molar-refractivity contribution is 7.15. The Labute approximate surface area is 136 Å². The Morgan fingerprint density at radius 3 is 3.05 bits per heavy atom. The Morgan fingerprint density at radius 2 is 2.27 bits per heavy atom. The maximum Gasteiger partial charge on any atom is 0.208 e. The monoisotopic (exact) mass is 323 g/mol. The van der Waals surface area contributed by atoms with Crippen molar-refractivity contribution in [2.45, 2.75) is 45.1 Å². The molecule has 6 heteroatoms. The lowest BCUT2D eigenvalue weighted by molar-refractivity contribution is -0.126. The maximum absolute atomic E-state index is 6.11. The largest absolute Gasteiger partial charge is 0.380 e. The summed E-state index contributed by atoms with van der Waals surface area (Å²) in [5.41, 5.74) is 0.144. The number of rotatable bonds is 5. The minimum atomic E-state index is 0.144. The van der Waals surface area contributed by atoms with Gasteiger partial charge in [0.2, 0.25) is 5.13 Å². The van der Waals surface area contributed by atoms with Crippen molar-refractivity contribution in [1.29, 1.82) is 0 Å². The first-order valence-corrected chi connectivity index (χ1v) is 9.31. The SMILES string of the molecule is Cc1nnc(N2CC[C@@H]3OCCC[C@@]3(COCC3CC3)C2)s1. The Hall–Kier alpha value is -0.720. The summed E-state index contributed by atoms with van der Waals surface area (Å²) in [5, 5.41) is 10.6. The van der Waals surface area contributed by atoms with Crippen molar-refractivity contribution in [3.05, 3.63) is 5.01 Å². The second kappa shape index (κ2) is 6.06. The first-order chi connectivity index (χ1) is 10.8. The molecule has 0 amide bonds. The van der Waals surface area contributed by atoms with Crippen LogP contribution in [0.25, 0.3) is 0 Å². The van der Waals surface area contributed by atoms with Gasteiger partial charge in [0.1, 0.15) is 5.01 Å². The molecule has 3 aliphatic rings. The molecule has 0 N–H and O–H groups in total. The third-order valence-corrected chi connectivity index (χ3v) is 6.11. The predicted octanol–water partition coefficient (Wildman–Crippen LogP) is 2.65. The van der Waals surface area contributed by atoms with Crippen LogP contribution in [0.15, 0.2) is 0 Å². The molecule has 1 aliphatic carbocycles. The van der Waals surface area contributed by atoms with Crippen LogP contribution < -0.4 is 4.90 Å². The van der Waals surface area contributed by atoms with Crippen LogP contribution in [0.3, 0.4) is 0 Å². The van der Waals surface area contributed by atoms with Gasteiger partial charge in [0.25, 0.3) is 0 Å². The lowest BCUT2D eigenvalue weighted by Crippen LogP contribution is -2.57. The van der Waals surface area contributed by atoms with Crippen molar-refractivity contribution >= 4 is 16.5 Å². The van der Waals surface area contributed by atoms with E-state index in [9.17, 15) is 0 Å². The van der Waals surface area contributed by atoms with Gasteiger partial charge >= 0.3 is 0 Å². The number of ether oxygens (including phenoxy) is 2.